The molecule has 3 aromatic rings. The number of ketones is 1. The Bertz CT molecular complexity index is 894. The molecule has 0 bridgehead atoms. The van der Waals surface area contributed by atoms with E-state index in [0.29, 0.717) is 5.92 Å². The molecule has 2 aromatic carbocycles. The van der Waals surface area contributed by atoms with E-state index in [9.17, 15) is 4.79 Å². The van der Waals surface area contributed by atoms with Gasteiger partial charge in [0, 0.05) is 18.4 Å². The van der Waals surface area contributed by atoms with Crippen LogP contribution in [-0.4, -0.2) is 10.8 Å². The highest BCUT2D eigenvalue weighted by Crippen LogP contribution is 2.40. The molecule has 1 fully saturated rings. The monoisotopic (exact) mass is 363 g/mol. The Morgan fingerprint density at radius 3 is 2.31 bits per heavy atom. The van der Waals surface area contributed by atoms with Crippen molar-refractivity contribution in [1.29, 1.82) is 0 Å². The summed E-state index contributed by atoms with van der Waals surface area (Å²) in [6.45, 7) is 1.63. The molecular formula is C22H21NO2S. The molecule has 1 heterocycles. The molecule has 0 aliphatic heterocycles. The van der Waals surface area contributed by atoms with Gasteiger partial charge in [-0.05, 0) is 49.2 Å². The summed E-state index contributed by atoms with van der Waals surface area (Å²) in [6.07, 6.45) is 4.91. The molecular weight excluding hydrogens is 342 g/mol. The molecule has 0 unspecified atom stereocenters. The molecule has 0 spiro atoms. The SMILES string of the molecule is CC(=O)c1sc(C2CCCC2)nc1-c1ccc(Oc2ccccc2)cc1. The Morgan fingerprint density at radius 2 is 1.65 bits per heavy atom. The second-order valence-corrected chi connectivity index (χ2v) is 7.74. The van der Waals surface area contributed by atoms with Crippen molar-refractivity contribution < 1.29 is 9.53 Å². The molecule has 0 N–H and O–H groups in total. The molecule has 132 valence electrons. The first kappa shape index (κ1) is 17.0. The zero-order valence-corrected chi connectivity index (χ0v) is 15.6. The number of para-hydroxylation sites is 1. The van der Waals surface area contributed by atoms with E-state index in [-0.39, 0.29) is 5.78 Å². The van der Waals surface area contributed by atoms with Crippen LogP contribution >= 0.6 is 11.3 Å². The Labute approximate surface area is 157 Å². The Hall–Kier alpha value is -2.46. The van der Waals surface area contributed by atoms with Crippen molar-refractivity contribution in [3.05, 3.63) is 64.5 Å². The fourth-order valence-corrected chi connectivity index (χ4v) is 4.58. The van der Waals surface area contributed by atoms with Gasteiger partial charge in [0.1, 0.15) is 11.5 Å². The number of ether oxygens (including phenoxy) is 1. The standard InChI is InChI=1S/C22H21NO2S/c1-15(24)21-20(23-22(26-21)17-7-5-6-8-17)16-11-13-19(14-12-16)25-18-9-3-2-4-10-18/h2-4,9-14,17H,5-8H2,1H3. The fourth-order valence-electron chi connectivity index (χ4n) is 3.42. The Balaban J connectivity index is 1.61. The molecule has 0 radical (unpaired) electrons. The van der Waals surface area contributed by atoms with Crippen molar-refractivity contribution in [2.45, 2.75) is 38.5 Å². The van der Waals surface area contributed by atoms with Gasteiger partial charge >= 0.3 is 0 Å². The molecule has 4 heteroatoms. The van der Waals surface area contributed by atoms with Crippen molar-refractivity contribution in [3.63, 3.8) is 0 Å². The predicted molar refractivity (Wildman–Crippen MR) is 105 cm³/mol. The van der Waals surface area contributed by atoms with E-state index < -0.39 is 0 Å². The summed E-state index contributed by atoms with van der Waals surface area (Å²) in [6, 6.07) is 17.5. The second kappa shape index (κ2) is 7.42. The van der Waals surface area contributed by atoms with Crippen LogP contribution in [0.3, 0.4) is 0 Å². The summed E-state index contributed by atoms with van der Waals surface area (Å²) < 4.78 is 5.85. The van der Waals surface area contributed by atoms with Crippen LogP contribution < -0.4 is 4.74 Å². The van der Waals surface area contributed by atoms with Crippen molar-refractivity contribution in [2.24, 2.45) is 0 Å². The number of rotatable bonds is 5. The average molecular weight is 363 g/mol. The minimum atomic E-state index is 0.0892. The number of benzene rings is 2. The van der Waals surface area contributed by atoms with E-state index >= 15 is 0 Å². The Kier molecular flexibility index (Phi) is 4.85. The normalized spacial score (nSPS) is 14.5. The third kappa shape index (κ3) is 3.56. The van der Waals surface area contributed by atoms with Gasteiger partial charge in [0.25, 0.3) is 0 Å². The molecule has 4 rings (SSSR count). The summed E-state index contributed by atoms with van der Waals surface area (Å²) in [5.74, 6) is 2.19. The summed E-state index contributed by atoms with van der Waals surface area (Å²) in [4.78, 5) is 17.7. The highest BCUT2D eigenvalue weighted by atomic mass is 32.1. The number of hydrogen-bond acceptors (Lipinski definition) is 4. The van der Waals surface area contributed by atoms with Gasteiger partial charge in [0.15, 0.2) is 5.78 Å². The van der Waals surface area contributed by atoms with Crippen molar-refractivity contribution in [3.8, 4) is 22.8 Å². The van der Waals surface area contributed by atoms with Gasteiger partial charge in [-0.3, -0.25) is 4.79 Å². The molecule has 1 saturated carbocycles. The summed E-state index contributed by atoms with van der Waals surface area (Å²) in [5, 5.41) is 1.12. The molecule has 3 nitrogen and oxygen atoms in total. The van der Waals surface area contributed by atoms with Crippen LogP contribution in [-0.2, 0) is 0 Å². The topological polar surface area (TPSA) is 39.2 Å². The first-order valence-electron chi connectivity index (χ1n) is 9.06. The number of Topliss-reactive ketones (excluding diaryl/α,β-unsaturated/α-hetero) is 1. The lowest BCUT2D eigenvalue weighted by atomic mass is 10.1. The third-order valence-corrected chi connectivity index (χ3v) is 6.09. The lowest BCUT2D eigenvalue weighted by Crippen LogP contribution is -1.93. The van der Waals surface area contributed by atoms with Crippen LogP contribution in [0.25, 0.3) is 11.3 Å². The predicted octanol–water partition coefficient (Wildman–Crippen LogP) is 6.46. The molecule has 1 aromatic heterocycles. The van der Waals surface area contributed by atoms with Crippen LogP contribution in [0, 0.1) is 0 Å². The van der Waals surface area contributed by atoms with Crippen LogP contribution in [0.4, 0.5) is 0 Å². The number of thiazole rings is 1. The average Bonchev–Trinajstić information content (AvgIpc) is 3.33. The molecule has 1 aliphatic carbocycles. The summed E-state index contributed by atoms with van der Waals surface area (Å²) in [7, 11) is 0. The van der Waals surface area contributed by atoms with Gasteiger partial charge in [0.05, 0.1) is 15.6 Å². The van der Waals surface area contributed by atoms with Crippen molar-refractivity contribution in [1.82, 2.24) is 4.98 Å². The molecule has 0 saturated heterocycles. The van der Waals surface area contributed by atoms with Gasteiger partial charge in [-0.1, -0.05) is 31.0 Å². The van der Waals surface area contributed by atoms with Gasteiger partial charge < -0.3 is 4.74 Å². The van der Waals surface area contributed by atoms with E-state index in [2.05, 4.69) is 0 Å². The highest BCUT2D eigenvalue weighted by Gasteiger charge is 2.24. The van der Waals surface area contributed by atoms with Crippen LogP contribution in [0.15, 0.2) is 54.6 Å². The van der Waals surface area contributed by atoms with Gasteiger partial charge in [0.2, 0.25) is 0 Å². The highest BCUT2D eigenvalue weighted by molar-refractivity contribution is 7.14. The number of hydrogen-bond donors (Lipinski definition) is 0. The van der Waals surface area contributed by atoms with Crippen LogP contribution in [0.1, 0.15) is 53.2 Å². The van der Waals surface area contributed by atoms with Crippen molar-refractivity contribution in [2.75, 3.05) is 0 Å². The number of carbonyl (C=O) groups excluding carboxylic acids is 1. The zero-order chi connectivity index (χ0) is 17.9. The summed E-state index contributed by atoms with van der Waals surface area (Å²) >= 11 is 1.57. The zero-order valence-electron chi connectivity index (χ0n) is 14.8. The minimum Gasteiger partial charge on any atom is -0.457 e. The van der Waals surface area contributed by atoms with Gasteiger partial charge in [-0.15, -0.1) is 11.3 Å². The maximum atomic E-state index is 12.1. The number of aromatic nitrogens is 1. The summed E-state index contributed by atoms with van der Waals surface area (Å²) in [5.41, 5.74) is 1.78. The quantitative estimate of drug-likeness (QED) is 0.488. The lowest BCUT2D eigenvalue weighted by Gasteiger charge is -2.06. The van der Waals surface area contributed by atoms with Crippen LogP contribution in [0.5, 0.6) is 11.5 Å². The van der Waals surface area contributed by atoms with E-state index in [4.69, 9.17) is 9.72 Å². The smallest absolute Gasteiger partial charge is 0.172 e. The van der Waals surface area contributed by atoms with Crippen molar-refractivity contribution >= 4 is 17.1 Å². The lowest BCUT2D eigenvalue weighted by molar-refractivity contribution is 0.102. The second-order valence-electron chi connectivity index (χ2n) is 6.71. The van der Waals surface area contributed by atoms with Crippen LogP contribution in [0.2, 0.25) is 0 Å². The fraction of sp³-hybridized carbons (Fsp3) is 0.273. The number of carbonyl (C=O) groups is 1. The van der Waals surface area contributed by atoms with E-state index in [1.54, 1.807) is 18.3 Å². The van der Waals surface area contributed by atoms with Gasteiger partial charge in [-0.25, -0.2) is 4.98 Å². The molecule has 0 amide bonds. The third-order valence-electron chi connectivity index (χ3n) is 4.77. The largest absolute Gasteiger partial charge is 0.457 e. The minimum absolute atomic E-state index is 0.0892. The molecule has 26 heavy (non-hydrogen) atoms. The van der Waals surface area contributed by atoms with E-state index in [1.165, 1.54) is 25.7 Å². The molecule has 1 aliphatic rings. The Morgan fingerprint density at radius 1 is 1.00 bits per heavy atom. The first-order valence-corrected chi connectivity index (χ1v) is 9.87. The molecule has 0 atom stereocenters. The first-order chi connectivity index (χ1) is 12.7. The maximum Gasteiger partial charge on any atom is 0.172 e. The number of nitrogens with zero attached hydrogens (tertiary/aromatic N) is 1. The maximum absolute atomic E-state index is 12.1. The van der Waals surface area contributed by atoms with E-state index in [0.717, 1.165) is 32.6 Å². The van der Waals surface area contributed by atoms with Gasteiger partial charge in [-0.2, -0.15) is 0 Å². The van der Waals surface area contributed by atoms with E-state index in [1.807, 2.05) is 54.6 Å².